The van der Waals surface area contributed by atoms with Crippen molar-refractivity contribution in [2.45, 2.75) is 50.1 Å². The van der Waals surface area contributed by atoms with Crippen LogP contribution >= 0.6 is 23.1 Å². The molecule has 3 rings (SSSR count). The molecule has 0 unspecified atom stereocenters. The van der Waals surface area contributed by atoms with Gasteiger partial charge in [-0.2, -0.15) is 0 Å². The zero-order chi connectivity index (χ0) is 13.8. The summed E-state index contributed by atoms with van der Waals surface area (Å²) in [4.78, 5) is 0. The molecule has 0 amide bonds. The molecule has 1 aliphatic heterocycles. The van der Waals surface area contributed by atoms with Crippen LogP contribution in [0.15, 0.2) is 5.16 Å². The van der Waals surface area contributed by atoms with Crippen molar-refractivity contribution < 1.29 is 4.74 Å². The predicted octanol–water partition coefficient (Wildman–Crippen LogP) is 2.55. The summed E-state index contributed by atoms with van der Waals surface area (Å²) < 4.78 is 7.59. The van der Waals surface area contributed by atoms with Gasteiger partial charge in [0.25, 0.3) is 5.19 Å². The summed E-state index contributed by atoms with van der Waals surface area (Å²) >= 11 is 3.18. The van der Waals surface area contributed by atoms with Gasteiger partial charge in [-0.25, -0.2) is 0 Å². The van der Waals surface area contributed by atoms with Gasteiger partial charge in [-0.3, -0.25) is 0 Å². The summed E-state index contributed by atoms with van der Waals surface area (Å²) in [5, 5.41) is 19.3. The predicted molar refractivity (Wildman–Crippen MR) is 78.2 cm³/mol. The van der Waals surface area contributed by atoms with Gasteiger partial charge >= 0.3 is 0 Å². The zero-order valence-electron chi connectivity index (χ0n) is 11.4. The molecule has 2 aromatic rings. The van der Waals surface area contributed by atoms with Gasteiger partial charge in [0.2, 0.25) is 0 Å². The van der Waals surface area contributed by atoms with E-state index in [0.29, 0.717) is 11.8 Å². The highest BCUT2D eigenvalue weighted by Crippen LogP contribution is 2.27. The maximum Gasteiger partial charge on any atom is 0.294 e. The summed E-state index contributed by atoms with van der Waals surface area (Å²) in [6, 6.07) is 0. The fourth-order valence-electron chi connectivity index (χ4n) is 2.17. The van der Waals surface area contributed by atoms with Crippen molar-refractivity contribution >= 4 is 23.1 Å². The van der Waals surface area contributed by atoms with Gasteiger partial charge in [0, 0.05) is 13.0 Å². The molecule has 0 saturated heterocycles. The van der Waals surface area contributed by atoms with Gasteiger partial charge < -0.3 is 9.30 Å². The molecule has 2 aromatic heterocycles. The second kappa shape index (κ2) is 6.53. The van der Waals surface area contributed by atoms with Gasteiger partial charge in [0.05, 0.1) is 12.4 Å². The van der Waals surface area contributed by atoms with Crippen LogP contribution in [0.3, 0.4) is 0 Å². The van der Waals surface area contributed by atoms with Crippen LogP contribution in [0.2, 0.25) is 0 Å². The second-order valence-corrected chi connectivity index (χ2v) is 6.51. The quantitative estimate of drug-likeness (QED) is 0.791. The van der Waals surface area contributed by atoms with E-state index in [-0.39, 0.29) is 0 Å². The number of ether oxygens (including phenoxy) is 1. The number of aryl methyl sites for hydroxylation is 1. The molecule has 0 saturated carbocycles. The first-order valence-corrected chi connectivity index (χ1v) is 8.67. The molecule has 3 heterocycles. The third kappa shape index (κ3) is 3.12. The van der Waals surface area contributed by atoms with Crippen LogP contribution in [-0.2, 0) is 18.7 Å². The van der Waals surface area contributed by atoms with E-state index in [4.69, 9.17) is 4.74 Å². The first-order chi connectivity index (χ1) is 9.86. The van der Waals surface area contributed by atoms with E-state index >= 15 is 0 Å². The minimum Gasteiger partial charge on any atom is -0.469 e. The van der Waals surface area contributed by atoms with Crippen molar-refractivity contribution in [2.24, 2.45) is 0 Å². The molecule has 20 heavy (non-hydrogen) atoms. The van der Waals surface area contributed by atoms with E-state index in [1.54, 1.807) is 11.8 Å². The van der Waals surface area contributed by atoms with E-state index in [1.165, 1.54) is 30.6 Å². The summed E-state index contributed by atoms with van der Waals surface area (Å²) in [7, 11) is 0. The largest absolute Gasteiger partial charge is 0.469 e. The molecule has 0 spiro atoms. The van der Waals surface area contributed by atoms with Crippen LogP contribution in [0.1, 0.15) is 37.0 Å². The number of hydrogen-bond acceptors (Lipinski definition) is 7. The lowest BCUT2D eigenvalue weighted by Gasteiger charge is -2.04. The second-order valence-electron chi connectivity index (χ2n) is 4.54. The first kappa shape index (κ1) is 13.8. The Kier molecular flexibility index (Phi) is 4.51. The third-order valence-electron chi connectivity index (χ3n) is 3.12. The van der Waals surface area contributed by atoms with E-state index in [2.05, 4.69) is 25.0 Å². The lowest BCUT2D eigenvalue weighted by atomic mass is 10.2. The number of hydrogen-bond donors (Lipinski definition) is 0. The Morgan fingerprint density at radius 3 is 3.05 bits per heavy atom. The van der Waals surface area contributed by atoms with Gasteiger partial charge in [0.1, 0.15) is 10.8 Å². The highest BCUT2D eigenvalue weighted by atomic mass is 32.2. The normalized spacial score (nSPS) is 14.8. The summed E-state index contributed by atoms with van der Waals surface area (Å²) in [5.74, 6) is 1.89. The Balaban J connectivity index is 1.64. The Labute approximate surface area is 126 Å². The van der Waals surface area contributed by atoms with Gasteiger partial charge in [0.15, 0.2) is 5.16 Å². The number of thioether (sulfide) groups is 1. The highest BCUT2D eigenvalue weighted by Gasteiger charge is 2.15. The van der Waals surface area contributed by atoms with Crippen molar-refractivity contribution in [1.29, 1.82) is 0 Å². The molecular weight excluding hydrogens is 294 g/mol. The number of rotatable bonds is 5. The van der Waals surface area contributed by atoms with Crippen molar-refractivity contribution in [2.75, 3.05) is 6.61 Å². The highest BCUT2D eigenvalue weighted by molar-refractivity contribution is 7.98. The van der Waals surface area contributed by atoms with Crippen LogP contribution < -0.4 is 4.74 Å². The van der Waals surface area contributed by atoms with Crippen molar-refractivity contribution in [3.05, 3.63) is 10.8 Å². The lowest BCUT2D eigenvalue weighted by molar-refractivity contribution is 0.335. The van der Waals surface area contributed by atoms with Crippen LogP contribution in [0.25, 0.3) is 0 Å². The van der Waals surface area contributed by atoms with Crippen LogP contribution in [0, 0.1) is 0 Å². The lowest BCUT2D eigenvalue weighted by Crippen LogP contribution is -2.02. The topological polar surface area (TPSA) is 65.7 Å². The van der Waals surface area contributed by atoms with Crippen LogP contribution in [0.4, 0.5) is 0 Å². The first-order valence-electron chi connectivity index (χ1n) is 6.87. The molecule has 6 nitrogen and oxygen atoms in total. The minimum atomic E-state index is 0.624. The molecule has 0 N–H and O–H groups in total. The average Bonchev–Trinajstić information content (AvgIpc) is 2.98. The van der Waals surface area contributed by atoms with E-state index in [9.17, 15) is 0 Å². The molecule has 8 heteroatoms. The smallest absolute Gasteiger partial charge is 0.294 e. The molecular formula is C12H17N5OS2. The molecule has 0 aliphatic carbocycles. The molecule has 0 bridgehead atoms. The van der Waals surface area contributed by atoms with Crippen molar-refractivity contribution in [3.63, 3.8) is 0 Å². The number of fused-ring (bicyclic) bond motifs is 1. The van der Waals surface area contributed by atoms with Gasteiger partial charge in [-0.15, -0.1) is 20.4 Å². The molecule has 0 fully saturated rings. The maximum absolute atomic E-state index is 5.33. The van der Waals surface area contributed by atoms with Crippen molar-refractivity contribution in [1.82, 2.24) is 25.0 Å². The Morgan fingerprint density at radius 2 is 2.15 bits per heavy atom. The minimum absolute atomic E-state index is 0.624. The molecule has 0 aromatic carbocycles. The Bertz CT molecular complexity index is 568. The van der Waals surface area contributed by atoms with E-state index in [1.807, 2.05) is 6.92 Å². The summed E-state index contributed by atoms with van der Waals surface area (Å²) in [6.45, 7) is 3.60. The number of nitrogens with zero attached hydrogens (tertiary/aromatic N) is 5. The SMILES string of the molecule is CCOc1nnc(CSc2nnc3n2CCCCC3)s1. The fourth-order valence-corrected chi connectivity index (χ4v) is 3.89. The van der Waals surface area contributed by atoms with Crippen LogP contribution in [-0.4, -0.2) is 31.6 Å². The molecule has 0 atom stereocenters. The van der Waals surface area contributed by atoms with E-state index < -0.39 is 0 Å². The monoisotopic (exact) mass is 311 g/mol. The maximum atomic E-state index is 5.33. The fraction of sp³-hybridized carbons (Fsp3) is 0.667. The Morgan fingerprint density at radius 1 is 1.20 bits per heavy atom. The Hall–Kier alpha value is -1.15. The standard InChI is InChI=1S/C12H17N5OS2/c1-2-18-12-16-14-10(20-12)8-19-11-15-13-9-6-4-3-5-7-17(9)11/h2-8H2,1H3. The van der Waals surface area contributed by atoms with Gasteiger partial charge in [-0.05, 0) is 19.8 Å². The summed E-state index contributed by atoms with van der Waals surface area (Å²) in [6.07, 6.45) is 4.76. The zero-order valence-corrected chi connectivity index (χ0v) is 13.0. The van der Waals surface area contributed by atoms with E-state index in [0.717, 1.165) is 34.7 Å². The number of aromatic nitrogens is 5. The molecule has 0 radical (unpaired) electrons. The molecule has 108 valence electrons. The van der Waals surface area contributed by atoms with Gasteiger partial charge in [-0.1, -0.05) is 29.5 Å². The third-order valence-corrected chi connectivity index (χ3v) is 5.11. The van der Waals surface area contributed by atoms with Crippen molar-refractivity contribution in [3.8, 4) is 5.19 Å². The van der Waals surface area contributed by atoms with Crippen LogP contribution in [0.5, 0.6) is 5.19 Å². The average molecular weight is 311 g/mol. The summed E-state index contributed by atoms with van der Waals surface area (Å²) in [5.41, 5.74) is 0. The molecule has 1 aliphatic rings.